The van der Waals surface area contributed by atoms with E-state index < -0.39 is 0 Å². The molecule has 0 aliphatic heterocycles. The first-order valence-electron chi connectivity index (χ1n) is 6.72. The zero-order valence-corrected chi connectivity index (χ0v) is 16.0. The van der Waals surface area contributed by atoms with Gasteiger partial charge in [0.15, 0.2) is 10.8 Å². The highest BCUT2D eigenvalue weighted by Gasteiger charge is 2.10. The number of thioether (sulfide) groups is 1. The van der Waals surface area contributed by atoms with Crippen LogP contribution in [0.15, 0.2) is 44.4 Å². The molecule has 1 aromatic carbocycles. The van der Waals surface area contributed by atoms with Gasteiger partial charge in [0, 0.05) is 14.6 Å². The number of rotatable bonds is 4. The number of nitrogens with zero attached hydrogens (tertiary/aromatic N) is 2. The third-order valence-electron chi connectivity index (χ3n) is 3.03. The Kier molecular flexibility index (Phi) is 5.03. The molecular weight excluding hydrogens is 444 g/mol. The summed E-state index contributed by atoms with van der Waals surface area (Å²) in [7, 11) is 0. The van der Waals surface area contributed by atoms with E-state index in [2.05, 4.69) is 52.1 Å². The van der Waals surface area contributed by atoms with Gasteiger partial charge in [-0.2, -0.15) is 0 Å². The Balaban J connectivity index is 1.65. The minimum absolute atomic E-state index is 0.0844. The number of benzene rings is 1. The highest BCUT2D eigenvalue weighted by atomic mass is 79.9. The first-order valence-corrected chi connectivity index (χ1v) is 9.29. The number of hydrogen-bond acceptors (Lipinski definition) is 4. The van der Waals surface area contributed by atoms with Crippen molar-refractivity contribution in [2.45, 2.75) is 12.1 Å². The van der Waals surface area contributed by atoms with Crippen LogP contribution in [0.2, 0.25) is 0 Å². The van der Waals surface area contributed by atoms with E-state index in [0.29, 0.717) is 10.8 Å². The Hall–Kier alpha value is -1.38. The number of carbonyl (C=O) groups excluding carboxylic acids is 1. The molecule has 0 spiro atoms. The minimum atomic E-state index is -0.0844. The van der Waals surface area contributed by atoms with Crippen LogP contribution in [-0.4, -0.2) is 26.6 Å². The molecular formula is C15H12Br2N4OS. The van der Waals surface area contributed by atoms with Crippen LogP contribution >= 0.6 is 43.6 Å². The van der Waals surface area contributed by atoms with Gasteiger partial charge in [-0.05, 0) is 47.1 Å². The third kappa shape index (κ3) is 4.13. The Bertz CT molecular complexity index is 842. The molecule has 2 N–H and O–H groups in total. The lowest BCUT2D eigenvalue weighted by Crippen LogP contribution is -2.14. The molecule has 118 valence electrons. The topological polar surface area (TPSA) is 70.7 Å². The van der Waals surface area contributed by atoms with Crippen molar-refractivity contribution in [3.05, 3.63) is 45.0 Å². The predicted molar refractivity (Wildman–Crippen MR) is 99.8 cm³/mol. The molecule has 8 heteroatoms. The number of hydrogen-bond donors (Lipinski definition) is 2. The molecule has 3 aromatic rings. The molecule has 23 heavy (non-hydrogen) atoms. The summed E-state index contributed by atoms with van der Waals surface area (Å²) in [5.41, 5.74) is 3.14. The Morgan fingerprint density at radius 2 is 2.13 bits per heavy atom. The van der Waals surface area contributed by atoms with Crippen molar-refractivity contribution in [2.24, 2.45) is 0 Å². The molecule has 2 heterocycles. The quantitative estimate of drug-likeness (QED) is 0.567. The van der Waals surface area contributed by atoms with E-state index in [1.54, 1.807) is 0 Å². The van der Waals surface area contributed by atoms with E-state index in [1.165, 1.54) is 11.8 Å². The number of aromatic amines is 1. The van der Waals surface area contributed by atoms with E-state index in [4.69, 9.17) is 0 Å². The number of aromatic nitrogens is 3. The average Bonchev–Trinajstić information content (AvgIpc) is 2.87. The fraction of sp³-hybridized carbons (Fsp3) is 0.133. The van der Waals surface area contributed by atoms with Crippen LogP contribution in [0.4, 0.5) is 5.69 Å². The van der Waals surface area contributed by atoms with Gasteiger partial charge in [-0.15, -0.1) is 0 Å². The summed E-state index contributed by atoms with van der Waals surface area (Å²) in [6.45, 7) is 1.91. The number of nitrogens with one attached hydrogen (secondary N) is 2. The van der Waals surface area contributed by atoms with Crippen molar-refractivity contribution in [1.29, 1.82) is 0 Å². The van der Waals surface area contributed by atoms with Crippen LogP contribution in [0.3, 0.4) is 0 Å². The summed E-state index contributed by atoms with van der Waals surface area (Å²) in [6.07, 6.45) is 0. The van der Waals surface area contributed by atoms with Crippen molar-refractivity contribution in [1.82, 2.24) is 15.0 Å². The normalized spacial score (nSPS) is 10.9. The van der Waals surface area contributed by atoms with E-state index in [-0.39, 0.29) is 11.7 Å². The van der Waals surface area contributed by atoms with Crippen LogP contribution in [0.5, 0.6) is 0 Å². The average molecular weight is 456 g/mol. The summed E-state index contributed by atoms with van der Waals surface area (Å²) >= 11 is 8.17. The number of pyridine rings is 1. The van der Waals surface area contributed by atoms with E-state index in [0.717, 1.165) is 25.8 Å². The van der Waals surface area contributed by atoms with Gasteiger partial charge in [-0.1, -0.05) is 33.8 Å². The Labute approximate surface area is 153 Å². The second kappa shape index (κ2) is 7.02. The first kappa shape index (κ1) is 16.5. The van der Waals surface area contributed by atoms with Gasteiger partial charge in [0.2, 0.25) is 5.91 Å². The van der Waals surface area contributed by atoms with E-state index in [9.17, 15) is 4.79 Å². The van der Waals surface area contributed by atoms with Crippen molar-refractivity contribution in [2.75, 3.05) is 11.1 Å². The number of aryl methyl sites for hydroxylation is 1. The maximum absolute atomic E-state index is 12.0. The van der Waals surface area contributed by atoms with E-state index >= 15 is 0 Å². The summed E-state index contributed by atoms with van der Waals surface area (Å²) < 4.78 is 1.85. The third-order valence-corrected chi connectivity index (χ3v) is 5.20. The van der Waals surface area contributed by atoms with Gasteiger partial charge in [-0.25, -0.2) is 9.97 Å². The minimum Gasteiger partial charge on any atom is -0.331 e. The number of halogens is 2. The predicted octanol–water partition coefficient (Wildman–Crippen LogP) is 4.52. The van der Waals surface area contributed by atoms with Crippen LogP contribution in [0, 0.1) is 6.92 Å². The van der Waals surface area contributed by atoms with Gasteiger partial charge >= 0.3 is 0 Å². The van der Waals surface area contributed by atoms with Crippen molar-refractivity contribution in [3.63, 3.8) is 0 Å². The number of imidazole rings is 1. The lowest BCUT2D eigenvalue weighted by molar-refractivity contribution is -0.113. The zero-order valence-electron chi connectivity index (χ0n) is 12.1. The molecule has 0 radical (unpaired) electrons. The fourth-order valence-corrected chi connectivity index (χ4v) is 3.34. The molecule has 0 bridgehead atoms. The molecule has 0 aliphatic carbocycles. The zero-order chi connectivity index (χ0) is 16.4. The summed E-state index contributed by atoms with van der Waals surface area (Å²) in [5.74, 6) is 0.186. The molecule has 0 aliphatic rings. The van der Waals surface area contributed by atoms with Gasteiger partial charge < -0.3 is 10.3 Å². The van der Waals surface area contributed by atoms with Crippen molar-refractivity contribution in [3.8, 4) is 0 Å². The van der Waals surface area contributed by atoms with Gasteiger partial charge in [0.05, 0.1) is 17.0 Å². The maximum Gasteiger partial charge on any atom is 0.234 e. The molecule has 0 atom stereocenters. The van der Waals surface area contributed by atoms with E-state index in [1.807, 2.05) is 37.3 Å². The van der Waals surface area contributed by atoms with Crippen LogP contribution in [0.1, 0.15) is 5.69 Å². The number of H-pyrrole nitrogens is 1. The smallest absolute Gasteiger partial charge is 0.234 e. The van der Waals surface area contributed by atoms with Crippen LogP contribution < -0.4 is 5.32 Å². The molecule has 0 fully saturated rings. The second-order valence-corrected chi connectivity index (χ2v) is 7.55. The number of carbonyl (C=O) groups is 1. The van der Waals surface area contributed by atoms with Gasteiger partial charge in [0.1, 0.15) is 0 Å². The molecule has 5 nitrogen and oxygen atoms in total. The lowest BCUT2D eigenvalue weighted by atomic mass is 10.3. The first-order chi connectivity index (χ1) is 11.0. The number of anilines is 1. The van der Waals surface area contributed by atoms with Crippen LogP contribution in [0.25, 0.3) is 11.2 Å². The van der Waals surface area contributed by atoms with Gasteiger partial charge in [0.25, 0.3) is 0 Å². The maximum atomic E-state index is 12.0. The Morgan fingerprint density at radius 3 is 2.91 bits per heavy atom. The lowest BCUT2D eigenvalue weighted by Gasteiger charge is -2.04. The van der Waals surface area contributed by atoms with Crippen molar-refractivity contribution < 1.29 is 4.79 Å². The largest absolute Gasteiger partial charge is 0.331 e. The van der Waals surface area contributed by atoms with Crippen molar-refractivity contribution >= 4 is 66.4 Å². The Morgan fingerprint density at radius 1 is 1.30 bits per heavy atom. The molecule has 2 aromatic heterocycles. The van der Waals surface area contributed by atoms with Gasteiger partial charge in [-0.3, -0.25) is 4.79 Å². The second-order valence-electron chi connectivity index (χ2n) is 4.82. The number of amides is 1. The SMILES string of the molecule is Cc1nc2nc(SCC(=O)Nc3cccc(Br)c3)[nH]c2cc1Br. The molecule has 0 unspecified atom stereocenters. The summed E-state index contributed by atoms with van der Waals surface area (Å²) in [4.78, 5) is 24.0. The summed E-state index contributed by atoms with van der Waals surface area (Å²) in [5, 5.41) is 3.53. The highest BCUT2D eigenvalue weighted by Crippen LogP contribution is 2.23. The number of fused-ring (bicyclic) bond motifs is 1. The highest BCUT2D eigenvalue weighted by molar-refractivity contribution is 9.10. The fourth-order valence-electron chi connectivity index (χ4n) is 1.95. The molecule has 0 saturated carbocycles. The summed E-state index contributed by atoms with van der Waals surface area (Å²) in [6, 6.07) is 9.42. The molecule has 0 saturated heterocycles. The molecule has 1 amide bonds. The monoisotopic (exact) mass is 454 g/mol. The van der Waals surface area contributed by atoms with Crippen LogP contribution in [-0.2, 0) is 4.79 Å². The molecule has 3 rings (SSSR count). The standard InChI is InChI=1S/C15H12Br2N4OS/c1-8-11(17)6-12-14(18-8)21-15(20-12)23-7-13(22)19-10-4-2-3-9(16)5-10/h2-6H,7H2,1H3,(H,19,22)(H,18,20,21).